The molecule has 0 aromatic heterocycles. The van der Waals surface area contributed by atoms with Crippen molar-refractivity contribution >= 4 is 0 Å². The van der Waals surface area contributed by atoms with E-state index in [4.69, 9.17) is 15.3 Å². The summed E-state index contributed by atoms with van der Waals surface area (Å²) in [6.45, 7) is 3.82. The smallest absolute Gasteiger partial charge is 0.178 e. The Morgan fingerprint density at radius 1 is 1.10 bits per heavy atom. The zero-order chi connectivity index (χ0) is 7.44. The summed E-state index contributed by atoms with van der Waals surface area (Å²) in [7, 11) is 0. The zero-order valence-electron chi connectivity index (χ0n) is 6.36. The average Bonchev–Trinajstić information content (AvgIpc) is 1.63. The number of aliphatic hydroxyl groups excluding tert-OH is 2. The predicted octanol–water partition coefficient (Wildman–Crippen LogP) is -0.296. The first-order valence-corrected chi connectivity index (χ1v) is 3.08. The number of aliphatic hydroxyl groups is 3. The molecule has 0 saturated carbocycles. The van der Waals surface area contributed by atoms with E-state index in [1.807, 2.05) is 13.8 Å². The Kier molecular flexibility index (Phi) is 9.71. The van der Waals surface area contributed by atoms with Crippen molar-refractivity contribution in [1.29, 1.82) is 0 Å². The van der Waals surface area contributed by atoms with Crippen molar-refractivity contribution in [3.63, 3.8) is 0 Å². The van der Waals surface area contributed by atoms with Gasteiger partial charge in [-0.1, -0.05) is 13.8 Å². The maximum Gasteiger partial charge on any atom is 0.178 e. The van der Waals surface area contributed by atoms with Gasteiger partial charge in [-0.2, -0.15) is 0 Å². The summed E-state index contributed by atoms with van der Waals surface area (Å²) < 4.78 is 0. The van der Waals surface area contributed by atoms with Gasteiger partial charge in [0.25, 0.3) is 0 Å². The second kappa shape index (κ2) is 7.00. The van der Waals surface area contributed by atoms with Crippen LogP contribution in [-0.4, -0.2) is 27.7 Å². The van der Waals surface area contributed by atoms with Crippen LogP contribution >= 0.6 is 0 Å². The largest absolute Gasteiger partial charge is 0.388 e. The molecule has 59 valence electrons. The summed E-state index contributed by atoms with van der Waals surface area (Å²) in [4.78, 5) is 0. The van der Waals surface area contributed by atoms with Gasteiger partial charge in [0.2, 0.25) is 0 Å². The standard InChI is InChI=1S/C6H14O3.Ac/c1-4(2)3-5(7)6(8)9;/h4-9H,3H2,1-2H3;. The summed E-state index contributed by atoms with van der Waals surface area (Å²) in [6.07, 6.45) is -2.16. The molecule has 4 heteroatoms. The molecule has 1 radical (unpaired) electrons. The monoisotopic (exact) mass is 361 g/mol. The van der Waals surface area contributed by atoms with Crippen molar-refractivity contribution in [3.8, 4) is 0 Å². The molecule has 3 N–H and O–H groups in total. The molecule has 0 aromatic rings. The summed E-state index contributed by atoms with van der Waals surface area (Å²) in [5.74, 6) is 0.293. The fraction of sp³-hybridized carbons (Fsp3) is 1.00. The van der Waals surface area contributed by atoms with E-state index in [1.165, 1.54) is 0 Å². The number of hydrogen-bond donors (Lipinski definition) is 3. The van der Waals surface area contributed by atoms with Crippen LogP contribution in [0.4, 0.5) is 0 Å². The van der Waals surface area contributed by atoms with Crippen LogP contribution in [0.15, 0.2) is 0 Å². The first kappa shape index (κ1) is 13.9. The Morgan fingerprint density at radius 3 is 1.60 bits per heavy atom. The Morgan fingerprint density at radius 2 is 1.50 bits per heavy atom. The van der Waals surface area contributed by atoms with E-state index in [-0.39, 0.29) is 44.1 Å². The van der Waals surface area contributed by atoms with Crippen LogP contribution in [0.3, 0.4) is 0 Å². The molecule has 1 unspecified atom stereocenters. The van der Waals surface area contributed by atoms with E-state index >= 15 is 0 Å². The van der Waals surface area contributed by atoms with Crippen LogP contribution in [0.5, 0.6) is 0 Å². The van der Waals surface area contributed by atoms with Crippen molar-refractivity contribution in [2.24, 2.45) is 5.92 Å². The molecule has 0 amide bonds. The number of hydrogen-bond acceptors (Lipinski definition) is 3. The average molecular weight is 361 g/mol. The molecule has 0 aliphatic heterocycles. The van der Waals surface area contributed by atoms with Gasteiger partial charge in [0.05, 0.1) is 0 Å². The fourth-order valence-corrected chi connectivity index (χ4v) is 0.605. The van der Waals surface area contributed by atoms with Gasteiger partial charge < -0.3 is 15.3 Å². The minimum atomic E-state index is -1.59. The van der Waals surface area contributed by atoms with Gasteiger partial charge in [-0.3, -0.25) is 0 Å². The van der Waals surface area contributed by atoms with Crippen molar-refractivity contribution in [1.82, 2.24) is 0 Å². The van der Waals surface area contributed by atoms with Crippen molar-refractivity contribution in [2.75, 3.05) is 0 Å². The topological polar surface area (TPSA) is 60.7 Å². The maximum atomic E-state index is 8.80. The molecular formula is C6H14AcO3. The third-order valence-electron chi connectivity index (χ3n) is 1.06. The van der Waals surface area contributed by atoms with E-state index in [0.29, 0.717) is 12.3 Å². The quantitative estimate of drug-likeness (QED) is 0.606. The Labute approximate surface area is 97.0 Å². The van der Waals surface area contributed by atoms with Crippen LogP contribution in [0, 0.1) is 50.0 Å². The third-order valence-corrected chi connectivity index (χ3v) is 1.06. The van der Waals surface area contributed by atoms with E-state index in [1.54, 1.807) is 0 Å². The van der Waals surface area contributed by atoms with E-state index in [2.05, 4.69) is 0 Å². The van der Waals surface area contributed by atoms with E-state index in [0.717, 1.165) is 0 Å². The maximum absolute atomic E-state index is 8.80. The molecule has 0 aromatic carbocycles. The molecule has 0 aliphatic rings. The van der Waals surface area contributed by atoms with Gasteiger partial charge in [0.1, 0.15) is 6.10 Å². The number of rotatable bonds is 3. The third kappa shape index (κ3) is 7.43. The molecule has 0 rings (SSSR count). The SMILES string of the molecule is CC(C)CC(O)C(O)O.[Ac]. The Hall–Kier alpha value is 1.32. The summed E-state index contributed by atoms with van der Waals surface area (Å²) in [5.41, 5.74) is 0. The van der Waals surface area contributed by atoms with Crippen molar-refractivity contribution in [2.45, 2.75) is 32.7 Å². The fourth-order valence-electron chi connectivity index (χ4n) is 0.605. The molecule has 3 nitrogen and oxygen atoms in total. The van der Waals surface area contributed by atoms with Gasteiger partial charge in [-0.15, -0.1) is 0 Å². The Balaban J connectivity index is 0. The summed E-state index contributed by atoms with van der Waals surface area (Å²) in [5, 5.41) is 25.5. The zero-order valence-corrected chi connectivity index (χ0v) is 11.1. The first-order valence-electron chi connectivity index (χ1n) is 3.08. The van der Waals surface area contributed by atoms with Crippen molar-refractivity contribution in [3.05, 3.63) is 0 Å². The van der Waals surface area contributed by atoms with Gasteiger partial charge in [0, 0.05) is 44.1 Å². The molecule has 10 heavy (non-hydrogen) atoms. The molecule has 1 atom stereocenters. The van der Waals surface area contributed by atoms with E-state index in [9.17, 15) is 0 Å². The summed E-state index contributed by atoms with van der Waals surface area (Å²) in [6, 6.07) is 0. The van der Waals surface area contributed by atoms with Crippen LogP contribution < -0.4 is 0 Å². The molecule has 0 aliphatic carbocycles. The van der Waals surface area contributed by atoms with Crippen LogP contribution in [-0.2, 0) is 0 Å². The van der Waals surface area contributed by atoms with Crippen LogP contribution in [0.1, 0.15) is 20.3 Å². The molecule has 0 spiro atoms. The normalized spacial score (nSPS) is 13.5. The van der Waals surface area contributed by atoms with Crippen LogP contribution in [0.25, 0.3) is 0 Å². The molecule has 0 fully saturated rings. The Bertz CT molecular complexity index is 75.4. The minimum Gasteiger partial charge on any atom is -0.388 e. The van der Waals surface area contributed by atoms with Gasteiger partial charge in [-0.25, -0.2) is 0 Å². The predicted molar refractivity (Wildman–Crippen MR) is 33.7 cm³/mol. The van der Waals surface area contributed by atoms with Gasteiger partial charge in [0.15, 0.2) is 6.29 Å². The van der Waals surface area contributed by atoms with E-state index < -0.39 is 12.4 Å². The van der Waals surface area contributed by atoms with Gasteiger partial charge >= 0.3 is 0 Å². The second-order valence-corrected chi connectivity index (χ2v) is 2.61. The molecule has 0 bridgehead atoms. The summed E-state index contributed by atoms with van der Waals surface area (Å²) >= 11 is 0. The molecule has 0 saturated heterocycles. The van der Waals surface area contributed by atoms with Crippen molar-refractivity contribution < 1.29 is 59.4 Å². The first-order chi connectivity index (χ1) is 4.04. The molecular weight excluding hydrogens is 347 g/mol. The minimum absolute atomic E-state index is 0. The van der Waals surface area contributed by atoms with Gasteiger partial charge in [-0.05, 0) is 12.3 Å². The molecule has 0 heterocycles. The second-order valence-electron chi connectivity index (χ2n) is 2.61. The van der Waals surface area contributed by atoms with Crippen LogP contribution in [0.2, 0.25) is 0 Å².